The summed E-state index contributed by atoms with van der Waals surface area (Å²) >= 11 is 0. The highest BCUT2D eigenvalue weighted by Crippen LogP contribution is 2.46. The molecule has 3 fully saturated rings. The van der Waals surface area contributed by atoms with Gasteiger partial charge in [0.1, 0.15) is 0 Å². The Hall–Kier alpha value is 0. The monoisotopic (exact) mass is 444 g/mol. The second-order valence-electron chi connectivity index (χ2n) is 12.6. The molecule has 0 aliphatic heterocycles. The second kappa shape index (κ2) is 15.8. The fourth-order valence-corrected chi connectivity index (χ4v) is 8.06. The van der Waals surface area contributed by atoms with Crippen LogP contribution >= 0.6 is 0 Å². The van der Waals surface area contributed by atoms with Crippen LogP contribution in [-0.2, 0) is 0 Å². The van der Waals surface area contributed by atoms with Crippen molar-refractivity contribution in [3.8, 4) is 0 Å². The molecule has 0 radical (unpaired) electrons. The molecule has 0 N–H and O–H groups in total. The van der Waals surface area contributed by atoms with Crippen LogP contribution in [0.3, 0.4) is 0 Å². The lowest BCUT2D eigenvalue weighted by atomic mass is 9.64. The van der Waals surface area contributed by atoms with E-state index in [2.05, 4.69) is 13.8 Å². The fraction of sp³-hybridized carbons (Fsp3) is 1.00. The van der Waals surface area contributed by atoms with Gasteiger partial charge in [0.2, 0.25) is 0 Å². The number of hydrogen-bond donors (Lipinski definition) is 0. The fourth-order valence-electron chi connectivity index (χ4n) is 8.06. The van der Waals surface area contributed by atoms with Gasteiger partial charge in [-0.25, -0.2) is 0 Å². The highest BCUT2D eigenvalue weighted by atomic mass is 14.4. The minimum Gasteiger partial charge on any atom is -0.0654 e. The molecule has 32 heavy (non-hydrogen) atoms. The molecule has 0 heterocycles. The predicted molar refractivity (Wildman–Crippen MR) is 143 cm³/mol. The van der Waals surface area contributed by atoms with Crippen LogP contribution in [0.5, 0.6) is 0 Å². The topological polar surface area (TPSA) is 0 Å². The Morgan fingerprint density at radius 2 is 0.625 bits per heavy atom. The molecule has 3 aliphatic rings. The third-order valence-electron chi connectivity index (χ3n) is 10.4. The van der Waals surface area contributed by atoms with Gasteiger partial charge in [-0.15, -0.1) is 0 Å². The standard InChI is InChI=1S/C32H60/c1-3-5-7-8-9-10-12-14-28-17-21-30(22-18-28)32-25-23-31(24-26-32)29-19-15-27(16-20-29)13-11-6-4-2/h27-32H,3-26H2,1-2H3. The third-order valence-corrected chi connectivity index (χ3v) is 10.4. The van der Waals surface area contributed by atoms with E-state index in [9.17, 15) is 0 Å². The average Bonchev–Trinajstić information content (AvgIpc) is 2.85. The first-order valence-electron chi connectivity index (χ1n) is 15.8. The Kier molecular flexibility index (Phi) is 13.1. The van der Waals surface area contributed by atoms with Gasteiger partial charge in [0.15, 0.2) is 0 Å². The van der Waals surface area contributed by atoms with E-state index in [1.54, 1.807) is 83.5 Å². The summed E-state index contributed by atoms with van der Waals surface area (Å²) in [6, 6.07) is 0. The zero-order valence-electron chi connectivity index (χ0n) is 22.4. The molecule has 0 bridgehead atoms. The van der Waals surface area contributed by atoms with E-state index in [0.29, 0.717) is 0 Å². The minimum atomic E-state index is 1.09. The first kappa shape index (κ1) is 26.6. The Bertz CT molecular complexity index is 429. The summed E-state index contributed by atoms with van der Waals surface area (Å²) in [6.07, 6.45) is 36.7. The van der Waals surface area contributed by atoms with Crippen molar-refractivity contribution in [3.05, 3.63) is 0 Å². The molecule has 3 rings (SSSR count). The molecule has 3 saturated carbocycles. The first-order chi connectivity index (χ1) is 15.8. The van der Waals surface area contributed by atoms with E-state index < -0.39 is 0 Å². The average molecular weight is 445 g/mol. The molecule has 0 amide bonds. The van der Waals surface area contributed by atoms with Crippen molar-refractivity contribution in [3.63, 3.8) is 0 Å². The Morgan fingerprint density at radius 1 is 0.344 bits per heavy atom. The summed E-state index contributed by atoms with van der Waals surface area (Å²) in [5.74, 6) is 6.61. The lowest BCUT2D eigenvalue weighted by Gasteiger charge is -2.41. The van der Waals surface area contributed by atoms with Crippen LogP contribution in [0.2, 0.25) is 0 Å². The van der Waals surface area contributed by atoms with E-state index in [0.717, 1.165) is 35.5 Å². The Morgan fingerprint density at radius 3 is 1.03 bits per heavy atom. The maximum atomic E-state index is 2.34. The summed E-state index contributed by atoms with van der Waals surface area (Å²) in [5.41, 5.74) is 0. The van der Waals surface area contributed by atoms with Crippen LogP contribution in [0.1, 0.15) is 168 Å². The molecular weight excluding hydrogens is 384 g/mol. The van der Waals surface area contributed by atoms with Gasteiger partial charge in [-0.3, -0.25) is 0 Å². The molecule has 188 valence electrons. The molecule has 0 nitrogen and oxygen atoms in total. The van der Waals surface area contributed by atoms with E-state index >= 15 is 0 Å². The molecule has 0 saturated heterocycles. The van der Waals surface area contributed by atoms with Crippen LogP contribution in [-0.4, -0.2) is 0 Å². The summed E-state index contributed by atoms with van der Waals surface area (Å²) in [7, 11) is 0. The number of hydrogen-bond acceptors (Lipinski definition) is 0. The second-order valence-corrected chi connectivity index (χ2v) is 12.6. The van der Waals surface area contributed by atoms with Crippen LogP contribution in [0.25, 0.3) is 0 Å². The van der Waals surface area contributed by atoms with E-state index in [-0.39, 0.29) is 0 Å². The van der Waals surface area contributed by atoms with Gasteiger partial charge in [-0.2, -0.15) is 0 Å². The molecule has 0 atom stereocenters. The summed E-state index contributed by atoms with van der Waals surface area (Å²) < 4.78 is 0. The van der Waals surface area contributed by atoms with Crippen LogP contribution in [0.4, 0.5) is 0 Å². The first-order valence-corrected chi connectivity index (χ1v) is 15.8. The lowest BCUT2D eigenvalue weighted by Crippen LogP contribution is -2.29. The van der Waals surface area contributed by atoms with E-state index in [1.807, 2.05) is 0 Å². The molecule has 0 unspecified atom stereocenters. The van der Waals surface area contributed by atoms with Crippen molar-refractivity contribution in [2.45, 2.75) is 168 Å². The van der Waals surface area contributed by atoms with Gasteiger partial charge in [-0.1, -0.05) is 117 Å². The van der Waals surface area contributed by atoms with Crippen molar-refractivity contribution >= 4 is 0 Å². The molecular formula is C32H60. The van der Waals surface area contributed by atoms with Crippen molar-refractivity contribution in [1.29, 1.82) is 0 Å². The van der Waals surface area contributed by atoms with Crippen LogP contribution < -0.4 is 0 Å². The van der Waals surface area contributed by atoms with Gasteiger partial charge < -0.3 is 0 Å². The molecule has 3 aliphatic carbocycles. The highest BCUT2D eigenvalue weighted by Gasteiger charge is 2.34. The summed E-state index contributed by atoms with van der Waals surface area (Å²) in [5, 5.41) is 0. The zero-order chi connectivity index (χ0) is 22.4. The normalized spacial score (nSPS) is 33.9. The van der Waals surface area contributed by atoms with Crippen molar-refractivity contribution in [2.75, 3.05) is 0 Å². The number of unbranched alkanes of at least 4 members (excludes halogenated alkanes) is 8. The smallest absolute Gasteiger partial charge is 0.0386 e. The van der Waals surface area contributed by atoms with Gasteiger partial charge >= 0.3 is 0 Å². The minimum absolute atomic E-state index is 1.09. The predicted octanol–water partition coefficient (Wildman–Crippen LogP) is 11.1. The van der Waals surface area contributed by atoms with Crippen LogP contribution in [0.15, 0.2) is 0 Å². The van der Waals surface area contributed by atoms with Crippen molar-refractivity contribution in [2.24, 2.45) is 35.5 Å². The Balaban J connectivity index is 1.22. The summed E-state index contributed by atoms with van der Waals surface area (Å²) in [4.78, 5) is 0. The van der Waals surface area contributed by atoms with Crippen LogP contribution in [0, 0.1) is 35.5 Å². The summed E-state index contributed by atoms with van der Waals surface area (Å²) in [6.45, 7) is 4.67. The molecule has 0 aromatic rings. The maximum absolute atomic E-state index is 2.34. The van der Waals surface area contributed by atoms with Gasteiger partial charge in [0, 0.05) is 0 Å². The zero-order valence-corrected chi connectivity index (χ0v) is 22.4. The van der Waals surface area contributed by atoms with Gasteiger partial charge in [0.05, 0.1) is 0 Å². The van der Waals surface area contributed by atoms with Crippen molar-refractivity contribution < 1.29 is 0 Å². The largest absolute Gasteiger partial charge is 0.0654 e. The maximum Gasteiger partial charge on any atom is -0.0386 e. The molecule has 0 aromatic heterocycles. The van der Waals surface area contributed by atoms with E-state index in [4.69, 9.17) is 0 Å². The lowest BCUT2D eigenvalue weighted by molar-refractivity contribution is 0.102. The van der Waals surface area contributed by atoms with Crippen molar-refractivity contribution in [1.82, 2.24) is 0 Å². The number of rotatable bonds is 14. The third kappa shape index (κ3) is 9.33. The van der Waals surface area contributed by atoms with Gasteiger partial charge in [0.25, 0.3) is 0 Å². The van der Waals surface area contributed by atoms with E-state index in [1.165, 1.54) is 70.6 Å². The highest BCUT2D eigenvalue weighted by molar-refractivity contribution is 4.86. The van der Waals surface area contributed by atoms with Gasteiger partial charge in [-0.05, 0) is 86.9 Å². The molecule has 0 heteroatoms. The Labute approximate surface area is 203 Å². The SMILES string of the molecule is CCCCCCCCCC1CCC(C2CCC(C3CCC(CCCCC)CC3)CC2)CC1. The quantitative estimate of drug-likeness (QED) is 0.234. The molecule has 0 spiro atoms. The molecule has 0 aromatic carbocycles.